The van der Waals surface area contributed by atoms with E-state index in [2.05, 4.69) is 15.9 Å². The van der Waals surface area contributed by atoms with Gasteiger partial charge in [-0.05, 0) is 18.9 Å². The number of benzene rings is 1. The molecule has 1 aromatic carbocycles. The van der Waals surface area contributed by atoms with Gasteiger partial charge in [0.1, 0.15) is 0 Å². The van der Waals surface area contributed by atoms with Crippen molar-refractivity contribution >= 4 is 21.8 Å². The van der Waals surface area contributed by atoms with Crippen LogP contribution in [0.2, 0.25) is 0 Å². The van der Waals surface area contributed by atoms with E-state index in [0.717, 1.165) is 31.7 Å². The number of hydrogen-bond donors (Lipinski definition) is 0. The van der Waals surface area contributed by atoms with Crippen LogP contribution in [0, 0.1) is 11.6 Å². The van der Waals surface area contributed by atoms with E-state index < -0.39 is 11.6 Å². The average Bonchev–Trinajstić information content (AvgIpc) is 2.43. The highest BCUT2D eigenvalue weighted by Gasteiger charge is 2.29. The standard InChI is InChI=1S/C15H18BrF2NO/c1-19(13-8-3-2-6-11(13)16)14(20)9-10-5-4-7-12(17)15(10)18/h4-5,7,11,13H,2-3,6,8-9H2,1H3. The lowest BCUT2D eigenvalue weighted by molar-refractivity contribution is -0.131. The largest absolute Gasteiger partial charge is 0.341 e. The van der Waals surface area contributed by atoms with Crippen LogP contribution < -0.4 is 0 Å². The van der Waals surface area contributed by atoms with Gasteiger partial charge >= 0.3 is 0 Å². The summed E-state index contributed by atoms with van der Waals surface area (Å²) in [5.41, 5.74) is 0.115. The van der Waals surface area contributed by atoms with Crippen LogP contribution in [-0.4, -0.2) is 28.7 Å². The maximum atomic E-state index is 13.6. The van der Waals surface area contributed by atoms with Crippen LogP contribution in [0.5, 0.6) is 0 Å². The van der Waals surface area contributed by atoms with E-state index in [0.29, 0.717) is 0 Å². The minimum Gasteiger partial charge on any atom is -0.341 e. The fourth-order valence-corrected chi connectivity index (χ4v) is 3.60. The Hall–Kier alpha value is -0.970. The van der Waals surface area contributed by atoms with Gasteiger partial charge in [-0.15, -0.1) is 0 Å². The summed E-state index contributed by atoms with van der Waals surface area (Å²) in [6.07, 6.45) is 4.14. The van der Waals surface area contributed by atoms with Gasteiger partial charge < -0.3 is 4.90 Å². The number of carbonyl (C=O) groups is 1. The summed E-state index contributed by atoms with van der Waals surface area (Å²) in [4.78, 5) is 14.2. The summed E-state index contributed by atoms with van der Waals surface area (Å²) >= 11 is 3.61. The number of hydrogen-bond acceptors (Lipinski definition) is 1. The van der Waals surface area contributed by atoms with Crippen LogP contribution in [0.3, 0.4) is 0 Å². The second-order valence-corrected chi connectivity index (χ2v) is 6.44. The summed E-state index contributed by atoms with van der Waals surface area (Å²) in [5.74, 6) is -2.01. The van der Waals surface area contributed by atoms with Crippen molar-refractivity contribution in [3.05, 3.63) is 35.4 Å². The van der Waals surface area contributed by atoms with Gasteiger partial charge in [0.15, 0.2) is 11.6 Å². The molecule has 2 atom stereocenters. The fourth-order valence-electron chi connectivity index (χ4n) is 2.66. The summed E-state index contributed by atoms with van der Waals surface area (Å²) in [7, 11) is 1.74. The van der Waals surface area contributed by atoms with Gasteiger partial charge in [0.05, 0.1) is 6.42 Å². The van der Waals surface area contributed by atoms with Crippen molar-refractivity contribution in [1.29, 1.82) is 0 Å². The molecule has 2 rings (SSSR count). The van der Waals surface area contributed by atoms with E-state index in [1.54, 1.807) is 11.9 Å². The van der Waals surface area contributed by atoms with E-state index >= 15 is 0 Å². The van der Waals surface area contributed by atoms with Gasteiger partial charge in [-0.1, -0.05) is 40.9 Å². The number of rotatable bonds is 3. The van der Waals surface area contributed by atoms with Gasteiger partial charge in [0.2, 0.25) is 5.91 Å². The summed E-state index contributed by atoms with van der Waals surface area (Å²) < 4.78 is 26.7. The van der Waals surface area contributed by atoms with E-state index in [1.807, 2.05) is 0 Å². The van der Waals surface area contributed by atoms with Crippen LogP contribution in [0.1, 0.15) is 31.2 Å². The van der Waals surface area contributed by atoms with E-state index in [1.165, 1.54) is 12.1 Å². The van der Waals surface area contributed by atoms with Crippen molar-refractivity contribution in [3.63, 3.8) is 0 Å². The molecule has 0 aromatic heterocycles. The molecule has 0 aliphatic heterocycles. The van der Waals surface area contributed by atoms with Gasteiger partial charge in [-0.25, -0.2) is 8.78 Å². The molecule has 20 heavy (non-hydrogen) atoms. The molecule has 5 heteroatoms. The van der Waals surface area contributed by atoms with Crippen molar-refractivity contribution in [1.82, 2.24) is 4.90 Å². The maximum absolute atomic E-state index is 13.6. The normalized spacial score (nSPS) is 22.6. The second kappa shape index (κ2) is 6.66. The Kier molecular flexibility index (Phi) is 5.13. The highest BCUT2D eigenvalue weighted by atomic mass is 79.9. The Morgan fingerprint density at radius 1 is 1.35 bits per heavy atom. The van der Waals surface area contributed by atoms with Crippen LogP contribution >= 0.6 is 15.9 Å². The predicted molar refractivity (Wildman–Crippen MR) is 77.8 cm³/mol. The molecule has 0 heterocycles. The lowest BCUT2D eigenvalue weighted by Gasteiger charge is -2.35. The van der Waals surface area contributed by atoms with Crippen molar-refractivity contribution in [2.24, 2.45) is 0 Å². The monoisotopic (exact) mass is 345 g/mol. The number of likely N-dealkylation sites (N-methyl/N-ethyl adjacent to an activating group) is 1. The third-order valence-corrected chi connectivity index (χ3v) is 4.98. The molecule has 0 radical (unpaired) electrons. The van der Waals surface area contributed by atoms with Crippen LogP contribution in [0.15, 0.2) is 18.2 Å². The van der Waals surface area contributed by atoms with Crippen LogP contribution in [0.4, 0.5) is 8.78 Å². The molecule has 1 fully saturated rings. The quantitative estimate of drug-likeness (QED) is 0.765. The van der Waals surface area contributed by atoms with E-state index in [-0.39, 0.29) is 28.8 Å². The zero-order valence-electron chi connectivity index (χ0n) is 11.4. The van der Waals surface area contributed by atoms with E-state index in [9.17, 15) is 13.6 Å². The van der Waals surface area contributed by atoms with Crippen LogP contribution in [0.25, 0.3) is 0 Å². The van der Waals surface area contributed by atoms with Gasteiger partial charge in [-0.3, -0.25) is 4.79 Å². The highest BCUT2D eigenvalue weighted by molar-refractivity contribution is 9.09. The van der Waals surface area contributed by atoms with Crippen molar-refractivity contribution in [2.45, 2.75) is 43.0 Å². The number of amides is 1. The molecular weight excluding hydrogens is 328 g/mol. The predicted octanol–water partition coefficient (Wildman–Crippen LogP) is 3.67. The summed E-state index contributed by atoms with van der Waals surface area (Å²) in [6.45, 7) is 0. The third kappa shape index (κ3) is 3.37. The van der Waals surface area contributed by atoms with Gasteiger partial charge in [0.25, 0.3) is 0 Å². The first-order valence-electron chi connectivity index (χ1n) is 6.83. The van der Waals surface area contributed by atoms with Crippen LogP contribution in [-0.2, 0) is 11.2 Å². The minimum atomic E-state index is -0.923. The second-order valence-electron chi connectivity index (χ2n) is 5.26. The molecule has 1 amide bonds. The summed E-state index contributed by atoms with van der Waals surface area (Å²) in [6, 6.07) is 4.07. The number of nitrogens with zero attached hydrogens (tertiary/aromatic N) is 1. The van der Waals surface area contributed by atoms with Crippen molar-refractivity contribution in [3.8, 4) is 0 Å². The molecule has 1 saturated carbocycles. The molecule has 1 aliphatic rings. The molecule has 2 unspecified atom stereocenters. The fraction of sp³-hybridized carbons (Fsp3) is 0.533. The molecule has 0 saturated heterocycles. The zero-order valence-corrected chi connectivity index (χ0v) is 13.0. The SMILES string of the molecule is CN(C(=O)Cc1cccc(F)c1F)C1CCCCC1Br. The lowest BCUT2D eigenvalue weighted by atomic mass is 9.94. The van der Waals surface area contributed by atoms with E-state index in [4.69, 9.17) is 0 Å². The molecule has 2 nitrogen and oxygen atoms in total. The number of carbonyl (C=O) groups excluding carboxylic acids is 1. The third-order valence-electron chi connectivity index (χ3n) is 3.91. The number of alkyl halides is 1. The Morgan fingerprint density at radius 3 is 2.75 bits per heavy atom. The lowest BCUT2D eigenvalue weighted by Crippen LogP contribution is -2.44. The Balaban J connectivity index is 2.05. The first kappa shape index (κ1) is 15.4. The Labute approximate surface area is 126 Å². The Bertz CT molecular complexity index is 495. The van der Waals surface area contributed by atoms with Crippen molar-refractivity contribution < 1.29 is 13.6 Å². The molecule has 110 valence electrons. The number of halogens is 3. The topological polar surface area (TPSA) is 20.3 Å². The average molecular weight is 346 g/mol. The molecule has 1 aromatic rings. The Morgan fingerprint density at radius 2 is 2.05 bits per heavy atom. The first-order chi connectivity index (χ1) is 9.50. The molecule has 0 bridgehead atoms. The van der Waals surface area contributed by atoms with Gasteiger partial charge in [0, 0.05) is 23.5 Å². The zero-order chi connectivity index (χ0) is 14.7. The molecule has 1 aliphatic carbocycles. The molecule has 0 spiro atoms. The highest BCUT2D eigenvalue weighted by Crippen LogP contribution is 2.28. The van der Waals surface area contributed by atoms with Gasteiger partial charge in [-0.2, -0.15) is 0 Å². The molecular formula is C15H18BrF2NO. The minimum absolute atomic E-state index is 0.101. The van der Waals surface area contributed by atoms with Crippen molar-refractivity contribution in [2.75, 3.05) is 7.05 Å². The first-order valence-corrected chi connectivity index (χ1v) is 7.75. The smallest absolute Gasteiger partial charge is 0.227 e. The molecule has 0 N–H and O–H groups in total. The summed E-state index contributed by atoms with van der Waals surface area (Å²) in [5, 5.41) is 0. The maximum Gasteiger partial charge on any atom is 0.227 e.